The van der Waals surface area contributed by atoms with Crippen molar-refractivity contribution >= 4 is 21.9 Å². The molecule has 3 atom stereocenters. The Labute approximate surface area is 158 Å². The van der Waals surface area contributed by atoms with Crippen LogP contribution in [-0.2, 0) is 24.3 Å². The second kappa shape index (κ2) is 7.95. The maximum atomic E-state index is 12.5. The molecule has 27 heavy (non-hydrogen) atoms. The minimum Gasteiger partial charge on any atom is -0.453 e. The van der Waals surface area contributed by atoms with E-state index in [0.717, 1.165) is 0 Å². The van der Waals surface area contributed by atoms with Gasteiger partial charge in [-0.3, -0.25) is 4.79 Å². The Balaban J connectivity index is 1.49. The molecule has 0 radical (unpaired) electrons. The van der Waals surface area contributed by atoms with Crippen LogP contribution >= 0.6 is 0 Å². The molecular formula is C18H24N2O6S. The molecule has 1 amide bonds. The summed E-state index contributed by atoms with van der Waals surface area (Å²) in [4.78, 5) is 23.9. The fraction of sp³-hybridized carbons (Fsp3) is 0.556. The summed E-state index contributed by atoms with van der Waals surface area (Å²) in [5.41, 5.74) is 1.15. The van der Waals surface area contributed by atoms with Crippen molar-refractivity contribution in [2.24, 2.45) is 0 Å². The number of hydrogen-bond donors (Lipinski definition) is 1. The number of amides is 1. The molecule has 0 saturated carbocycles. The highest BCUT2D eigenvalue weighted by molar-refractivity contribution is 7.89. The van der Waals surface area contributed by atoms with Crippen LogP contribution in [0.5, 0.6) is 0 Å². The highest BCUT2D eigenvalue weighted by atomic mass is 32.2. The third kappa shape index (κ3) is 4.66. The number of nitrogens with zero attached hydrogens (tertiary/aromatic N) is 1. The lowest BCUT2D eigenvalue weighted by Crippen LogP contribution is -2.49. The fourth-order valence-corrected chi connectivity index (χ4v) is 4.91. The number of fused-ring (bicyclic) bond motifs is 1. The first kappa shape index (κ1) is 19.8. The molecule has 0 aliphatic carbocycles. The van der Waals surface area contributed by atoms with Gasteiger partial charge in [-0.2, -0.15) is 4.31 Å². The zero-order chi connectivity index (χ0) is 19.6. The van der Waals surface area contributed by atoms with Crippen LogP contribution in [-0.4, -0.2) is 62.2 Å². The molecule has 1 N–H and O–H groups in total. The molecular weight excluding hydrogens is 372 g/mol. The van der Waals surface area contributed by atoms with E-state index in [1.165, 1.54) is 4.31 Å². The van der Waals surface area contributed by atoms with Crippen LogP contribution in [0, 0.1) is 0 Å². The van der Waals surface area contributed by atoms with Crippen LogP contribution in [0.2, 0.25) is 0 Å². The smallest absolute Gasteiger partial charge is 0.339 e. The number of ether oxygens (including phenoxy) is 2. The SMILES string of the molecule is C[C@@H]1CN(S(=O)(=O)CCNC(=O)C[C@@H]2OC(=O)c3ccccc32)C[C@@H](C)O1. The number of morpholine rings is 1. The largest absolute Gasteiger partial charge is 0.453 e. The third-order valence-electron chi connectivity index (χ3n) is 4.61. The van der Waals surface area contributed by atoms with Crippen molar-refractivity contribution in [2.75, 3.05) is 25.4 Å². The maximum absolute atomic E-state index is 12.5. The Hall–Kier alpha value is -1.97. The van der Waals surface area contributed by atoms with Crippen molar-refractivity contribution in [3.63, 3.8) is 0 Å². The highest BCUT2D eigenvalue weighted by Crippen LogP contribution is 2.32. The molecule has 3 rings (SSSR count). The Kier molecular flexibility index (Phi) is 5.83. The molecule has 0 aromatic heterocycles. The minimum absolute atomic E-state index is 0.00357. The van der Waals surface area contributed by atoms with Gasteiger partial charge in [-0.05, 0) is 19.9 Å². The first-order valence-electron chi connectivity index (χ1n) is 8.96. The molecule has 1 fully saturated rings. The molecule has 2 heterocycles. The Morgan fingerprint density at radius 1 is 1.22 bits per heavy atom. The van der Waals surface area contributed by atoms with Crippen molar-refractivity contribution in [2.45, 2.75) is 38.6 Å². The summed E-state index contributed by atoms with van der Waals surface area (Å²) < 4.78 is 37.1. The predicted molar refractivity (Wildman–Crippen MR) is 97.6 cm³/mol. The quantitative estimate of drug-likeness (QED) is 0.715. The molecule has 2 aliphatic heterocycles. The lowest BCUT2D eigenvalue weighted by atomic mass is 10.0. The molecule has 1 aromatic rings. The predicted octanol–water partition coefficient (Wildman–Crippen LogP) is 0.843. The van der Waals surface area contributed by atoms with E-state index in [1.54, 1.807) is 24.3 Å². The van der Waals surface area contributed by atoms with Gasteiger partial charge in [0, 0.05) is 25.2 Å². The first-order valence-corrected chi connectivity index (χ1v) is 10.6. The van der Waals surface area contributed by atoms with Gasteiger partial charge < -0.3 is 14.8 Å². The van der Waals surface area contributed by atoms with Gasteiger partial charge in [-0.1, -0.05) is 18.2 Å². The number of sulfonamides is 1. The summed E-state index contributed by atoms with van der Waals surface area (Å²) in [6.07, 6.45) is -0.981. The van der Waals surface area contributed by atoms with E-state index in [-0.39, 0.29) is 36.8 Å². The summed E-state index contributed by atoms with van der Waals surface area (Å²) in [5.74, 6) is -0.982. The van der Waals surface area contributed by atoms with Crippen molar-refractivity contribution in [3.8, 4) is 0 Å². The fourth-order valence-electron chi connectivity index (χ4n) is 3.42. The number of rotatable bonds is 6. The van der Waals surface area contributed by atoms with Crippen LogP contribution in [0.4, 0.5) is 0 Å². The van der Waals surface area contributed by atoms with Crippen LogP contribution in [0.15, 0.2) is 24.3 Å². The number of benzene rings is 1. The van der Waals surface area contributed by atoms with E-state index >= 15 is 0 Å². The van der Waals surface area contributed by atoms with Crippen molar-refractivity contribution in [1.82, 2.24) is 9.62 Å². The second-order valence-electron chi connectivity index (χ2n) is 6.93. The van der Waals surface area contributed by atoms with Crippen LogP contribution in [0.3, 0.4) is 0 Å². The second-order valence-corrected chi connectivity index (χ2v) is 9.01. The average Bonchev–Trinajstić information content (AvgIpc) is 2.90. The van der Waals surface area contributed by atoms with Crippen molar-refractivity contribution in [1.29, 1.82) is 0 Å². The Morgan fingerprint density at radius 3 is 2.59 bits per heavy atom. The van der Waals surface area contributed by atoms with Gasteiger partial charge in [0.2, 0.25) is 15.9 Å². The zero-order valence-electron chi connectivity index (χ0n) is 15.4. The van der Waals surface area contributed by atoms with Gasteiger partial charge in [-0.15, -0.1) is 0 Å². The topological polar surface area (TPSA) is 102 Å². The molecule has 9 heteroatoms. The summed E-state index contributed by atoms with van der Waals surface area (Å²) in [6.45, 7) is 4.30. The van der Waals surface area contributed by atoms with E-state index < -0.39 is 22.1 Å². The summed E-state index contributed by atoms with van der Waals surface area (Å²) in [7, 11) is -3.48. The van der Waals surface area contributed by atoms with Gasteiger partial charge in [0.1, 0.15) is 6.10 Å². The van der Waals surface area contributed by atoms with Gasteiger partial charge >= 0.3 is 5.97 Å². The summed E-state index contributed by atoms with van der Waals surface area (Å²) in [6, 6.07) is 6.93. The zero-order valence-corrected chi connectivity index (χ0v) is 16.2. The van der Waals surface area contributed by atoms with Gasteiger partial charge in [-0.25, -0.2) is 13.2 Å². The normalized spacial score (nSPS) is 25.7. The van der Waals surface area contributed by atoms with Crippen LogP contribution < -0.4 is 5.32 Å². The van der Waals surface area contributed by atoms with E-state index in [9.17, 15) is 18.0 Å². The highest BCUT2D eigenvalue weighted by Gasteiger charge is 2.33. The van der Waals surface area contributed by atoms with E-state index in [2.05, 4.69) is 5.32 Å². The molecule has 0 unspecified atom stereocenters. The molecule has 8 nitrogen and oxygen atoms in total. The number of cyclic esters (lactones) is 1. The van der Waals surface area contributed by atoms with Crippen molar-refractivity contribution in [3.05, 3.63) is 35.4 Å². The van der Waals surface area contributed by atoms with Gasteiger partial charge in [0.05, 0.1) is 29.9 Å². The minimum atomic E-state index is -3.48. The van der Waals surface area contributed by atoms with E-state index in [1.807, 2.05) is 13.8 Å². The van der Waals surface area contributed by atoms with E-state index in [4.69, 9.17) is 9.47 Å². The number of esters is 1. The molecule has 2 aliphatic rings. The molecule has 0 spiro atoms. The van der Waals surface area contributed by atoms with Crippen molar-refractivity contribution < 1.29 is 27.5 Å². The van der Waals surface area contributed by atoms with Crippen LogP contribution in [0.25, 0.3) is 0 Å². The number of nitrogens with one attached hydrogen (secondary N) is 1. The molecule has 148 valence electrons. The molecule has 0 bridgehead atoms. The van der Waals surface area contributed by atoms with Gasteiger partial charge in [0.15, 0.2) is 0 Å². The number of hydrogen-bond acceptors (Lipinski definition) is 6. The van der Waals surface area contributed by atoms with Crippen LogP contribution in [0.1, 0.15) is 42.3 Å². The molecule has 1 saturated heterocycles. The standard InChI is InChI=1S/C18H24N2O6S/c1-12-10-20(11-13(2)25-12)27(23,24)8-7-19-17(21)9-16-14-5-3-4-6-15(14)18(22)26-16/h3-6,12-13,16H,7-11H2,1-2H3,(H,19,21)/t12-,13-,16+/m1/s1. The first-order chi connectivity index (χ1) is 12.8. The number of carbonyl (C=O) groups excluding carboxylic acids is 2. The average molecular weight is 396 g/mol. The Morgan fingerprint density at radius 2 is 1.89 bits per heavy atom. The van der Waals surface area contributed by atoms with Gasteiger partial charge in [0.25, 0.3) is 0 Å². The lowest BCUT2D eigenvalue weighted by Gasteiger charge is -2.34. The third-order valence-corrected chi connectivity index (χ3v) is 6.41. The molecule has 1 aromatic carbocycles. The van der Waals surface area contributed by atoms with E-state index in [0.29, 0.717) is 24.2 Å². The summed E-state index contributed by atoms with van der Waals surface area (Å²) in [5, 5.41) is 2.61. The monoisotopic (exact) mass is 396 g/mol. The Bertz CT molecular complexity index is 815. The summed E-state index contributed by atoms with van der Waals surface area (Å²) >= 11 is 0. The lowest BCUT2D eigenvalue weighted by molar-refractivity contribution is -0.122. The maximum Gasteiger partial charge on any atom is 0.339 e. The number of carbonyl (C=O) groups is 2.